The number of hydrogen-bond donors (Lipinski definition) is 0. The highest BCUT2D eigenvalue weighted by atomic mass is 35.5. The van der Waals surface area contributed by atoms with E-state index in [0.29, 0.717) is 28.2 Å². The van der Waals surface area contributed by atoms with Crippen molar-refractivity contribution in [1.82, 2.24) is 0 Å². The molecule has 120 valence electrons. The van der Waals surface area contributed by atoms with E-state index in [4.69, 9.17) is 21.1 Å². The van der Waals surface area contributed by atoms with Gasteiger partial charge in [0, 0.05) is 0 Å². The summed E-state index contributed by atoms with van der Waals surface area (Å²) in [6.45, 7) is 5.69. The Bertz CT molecular complexity index is 728. The molecule has 0 spiro atoms. The van der Waals surface area contributed by atoms with Crippen LogP contribution in [0.25, 0.3) is 0 Å². The van der Waals surface area contributed by atoms with Crippen LogP contribution in [-0.4, -0.2) is 20.1 Å². The molecule has 23 heavy (non-hydrogen) atoms. The predicted molar refractivity (Wildman–Crippen MR) is 96.2 cm³/mol. The number of halogens is 1. The molecule has 5 heteroatoms. The van der Waals surface area contributed by atoms with E-state index in [1.165, 1.54) is 0 Å². The maximum absolute atomic E-state index is 6.21. The van der Waals surface area contributed by atoms with Crippen molar-refractivity contribution < 1.29 is 9.47 Å². The van der Waals surface area contributed by atoms with E-state index in [9.17, 15) is 0 Å². The second-order valence-electron chi connectivity index (χ2n) is 4.71. The number of ether oxygens (including phenoxy) is 2. The first-order valence-electron chi connectivity index (χ1n) is 7.04. The third kappa shape index (κ3) is 3.85. The SMILES string of the molecule is C=C(Cl)N(C(C)=Nc1ccccc1OC)c1ccccc1OC. The van der Waals surface area contributed by atoms with Crippen molar-refractivity contribution in [1.29, 1.82) is 0 Å². The zero-order valence-corrected chi connectivity index (χ0v) is 14.2. The highest BCUT2D eigenvalue weighted by molar-refractivity contribution is 6.33. The molecule has 2 aromatic rings. The molecular weight excluding hydrogens is 312 g/mol. The summed E-state index contributed by atoms with van der Waals surface area (Å²) < 4.78 is 10.7. The van der Waals surface area contributed by atoms with Crippen LogP contribution < -0.4 is 14.4 Å². The number of anilines is 1. The number of benzene rings is 2. The lowest BCUT2D eigenvalue weighted by Gasteiger charge is -2.24. The summed E-state index contributed by atoms with van der Waals surface area (Å²) in [6.07, 6.45) is 0. The molecule has 0 aromatic heterocycles. The monoisotopic (exact) mass is 330 g/mol. The van der Waals surface area contributed by atoms with Crippen LogP contribution in [0, 0.1) is 0 Å². The molecule has 0 aliphatic rings. The quantitative estimate of drug-likeness (QED) is 0.441. The molecule has 2 aromatic carbocycles. The Morgan fingerprint density at radius 3 is 2.17 bits per heavy atom. The summed E-state index contributed by atoms with van der Waals surface area (Å²) in [5.74, 6) is 2.02. The Morgan fingerprint density at radius 1 is 1.00 bits per heavy atom. The van der Waals surface area contributed by atoms with Gasteiger partial charge < -0.3 is 9.47 Å². The third-order valence-electron chi connectivity index (χ3n) is 3.26. The van der Waals surface area contributed by atoms with Crippen molar-refractivity contribution in [2.24, 2.45) is 4.99 Å². The van der Waals surface area contributed by atoms with E-state index in [2.05, 4.69) is 11.6 Å². The zero-order chi connectivity index (χ0) is 16.8. The molecule has 0 N–H and O–H groups in total. The minimum absolute atomic E-state index is 0.325. The minimum atomic E-state index is 0.325. The second-order valence-corrected chi connectivity index (χ2v) is 5.15. The van der Waals surface area contributed by atoms with E-state index >= 15 is 0 Å². The van der Waals surface area contributed by atoms with Gasteiger partial charge >= 0.3 is 0 Å². The first-order chi connectivity index (χ1) is 11.1. The summed E-state index contributed by atoms with van der Waals surface area (Å²) in [4.78, 5) is 6.35. The van der Waals surface area contributed by atoms with Crippen molar-refractivity contribution in [2.45, 2.75) is 6.92 Å². The summed E-state index contributed by atoms with van der Waals surface area (Å²) in [7, 11) is 3.23. The number of hydrogen-bond acceptors (Lipinski definition) is 3. The fraction of sp³-hybridized carbons (Fsp3) is 0.167. The molecule has 2 rings (SSSR count). The number of para-hydroxylation sites is 4. The molecule has 0 unspecified atom stereocenters. The van der Waals surface area contributed by atoms with Gasteiger partial charge in [0.2, 0.25) is 0 Å². The van der Waals surface area contributed by atoms with E-state index < -0.39 is 0 Å². The van der Waals surface area contributed by atoms with Gasteiger partial charge in [-0.2, -0.15) is 0 Å². The molecule has 0 saturated heterocycles. The Labute approximate surface area is 141 Å². The van der Waals surface area contributed by atoms with Gasteiger partial charge in [0.15, 0.2) is 0 Å². The Hall–Kier alpha value is -2.46. The smallest absolute Gasteiger partial charge is 0.144 e. The minimum Gasteiger partial charge on any atom is -0.495 e. The van der Waals surface area contributed by atoms with E-state index in [1.54, 1.807) is 19.1 Å². The summed E-state index contributed by atoms with van der Waals surface area (Å²) in [6, 6.07) is 15.1. The lowest BCUT2D eigenvalue weighted by molar-refractivity contribution is 0.416. The number of amidine groups is 1. The standard InChI is InChI=1S/C18H19ClN2O2/c1-13(19)21(16-10-6-8-12-18(16)23-4)14(2)20-15-9-5-7-11-17(15)22-3/h5-12H,1H2,2-4H3. The van der Waals surface area contributed by atoms with Crippen LogP contribution in [0.1, 0.15) is 6.92 Å². The average molecular weight is 331 g/mol. The van der Waals surface area contributed by atoms with Crippen molar-refractivity contribution in [2.75, 3.05) is 19.1 Å². The zero-order valence-electron chi connectivity index (χ0n) is 13.4. The fourth-order valence-corrected chi connectivity index (χ4v) is 2.45. The van der Waals surface area contributed by atoms with Crippen molar-refractivity contribution in [3.05, 3.63) is 60.3 Å². The first-order valence-corrected chi connectivity index (χ1v) is 7.42. The van der Waals surface area contributed by atoms with Gasteiger partial charge in [-0.3, -0.25) is 4.90 Å². The highest BCUT2D eigenvalue weighted by Gasteiger charge is 2.17. The second kappa shape index (κ2) is 7.70. The van der Waals surface area contributed by atoms with Gasteiger partial charge in [-0.15, -0.1) is 0 Å². The average Bonchev–Trinajstić information content (AvgIpc) is 2.55. The van der Waals surface area contributed by atoms with Crippen LogP contribution in [0.4, 0.5) is 11.4 Å². The normalized spacial score (nSPS) is 11.0. The maximum atomic E-state index is 6.21. The molecule has 0 aliphatic carbocycles. The van der Waals surface area contributed by atoms with Crippen molar-refractivity contribution >= 4 is 28.8 Å². The topological polar surface area (TPSA) is 34.1 Å². The lowest BCUT2D eigenvalue weighted by Crippen LogP contribution is -2.25. The number of rotatable bonds is 5. The van der Waals surface area contributed by atoms with E-state index in [0.717, 1.165) is 5.69 Å². The third-order valence-corrected chi connectivity index (χ3v) is 3.43. The molecule has 0 aliphatic heterocycles. The van der Waals surface area contributed by atoms with E-state index in [-0.39, 0.29) is 0 Å². The Balaban J connectivity index is 2.49. The summed E-state index contributed by atoms with van der Waals surface area (Å²) >= 11 is 6.21. The van der Waals surface area contributed by atoms with Crippen LogP contribution in [0.5, 0.6) is 11.5 Å². The molecule has 0 amide bonds. The Kier molecular flexibility index (Phi) is 5.66. The molecule has 4 nitrogen and oxygen atoms in total. The van der Waals surface area contributed by atoms with Gasteiger partial charge in [-0.1, -0.05) is 42.4 Å². The van der Waals surface area contributed by atoms with Gasteiger partial charge in [0.25, 0.3) is 0 Å². The highest BCUT2D eigenvalue weighted by Crippen LogP contribution is 2.33. The van der Waals surface area contributed by atoms with Gasteiger partial charge in [0.1, 0.15) is 28.2 Å². The van der Waals surface area contributed by atoms with Crippen LogP contribution in [0.15, 0.2) is 65.3 Å². The van der Waals surface area contributed by atoms with E-state index in [1.807, 2.05) is 55.5 Å². The number of nitrogens with zero attached hydrogens (tertiary/aromatic N) is 2. The van der Waals surface area contributed by atoms with Crippen LogP contribution in [-0.2, 0) is 0 Å². The molecule has 0 atom stereocenters. The fourth-order valence-electron chi connectivity index (χ4n) is 2.24. The maximum Gasteiger partial charge on any atom is 0.144 e. The number of methoxy groups -OCH3 is 2. The van der Waals surface area contributed by atoms with Crippen molar-refractivity contribution in [3.8, 4) is 11.5 Å². The van der Waals surface area contributed by atoms with Crippen LogP contribution >= 0.6 is 11.6 Å². The Morgan fingerprint density at radius 2 is 1.57 bits per heavy atom. The van der Waals surface area contributed by atoms with Gasteiger partial charge in [-0.25, -0.2) is 4.99 Å². The predicted octanol–water partition coefficient (Wildman–Crippen LogP) is 4.97. The van der Waals surface area contributed by atoms with Crippen LogP contribution in [0.3, 0.4) is 0 Å². The number of aliphatic imine (C=N–C) groups is 1. The molecule has 0 heterocycles. The van der Waals surface area contributed by atoms with Gasteiger partial charge in [0.05, 0.1) is 19.9 Å². The largest absolute Gasteiger partial charge is 0.495 e. The van der Waals surface area contributed by atoms with Crippen molar-refractivity contribution in [3.63, 3.8) is 0 Å². The lowest BCUT2D eigenvalue weighted by atomic mass is 10.2. The summed E-state index contributed by atoms with van der Waals surface area (Å²) in [5.41, 5.74) is 1.48. The van der Waals surface area contributed by atoms with Crippen LogP contribution in [0.2, 0.25) is 0 Å². The summed E-state index contributed by atoms with van der Waals surface area (Å²) in [5, 5.41) is 0.325. The molecular formula is C18H19ClN2O2. The molecule has 0 fully saturated rings. The first kappa shape index (κ1) is 16.9. The molecule has 0 bridgehead atoms. The molecule has 0 saturated carbocycles. The molecule has 0 radical (unpaired) electrons. The van der Waals surface area contributed by atoms with Gasteiger partial charge in [-0.05, 0) is 31.2 Å².